The summed E-state index contributed by atoms with van der Waals surface area (Å²) in [5, 5.41) is 0. The summed E-state index contributed by atoms with van der Waals surface area (Å²) in [4.78, 5) is 4.81. The molecule has 5 rings (SSSR count). The first-order chi connectivity index (χ1) is 15.3. The number of para-hydroxylation sites is 2. The maximum absolute atomic E-state index is 6.48. The van der Waals surface area contributed by atoms with Crippen LogP contribution in [0.2, 0.25) is 0 Å². The molecule has 1 aliphatic heterocycles. The van der Waals surface area contributed by atoms with E-state index >= 15 is 0 Å². The number of hydrogen-bond donors (Lipinski definition) is 0. The van der Waals surface area contributed by atoms with E-state index in [1.807, 2.05) is 66.9 Å². The Bertz CT molecular complexity index is 1240. The number of allylic oxidation sites excluding steroid dienone is 1. The van der Waals surface area contributed by atoms with Crippen LogP contribution in [0.3, 0.4) is 0 Å². The molecule has 0 amide bonds. The van der Waals surface area contributed by atoms with Gasteiger partial charge in [0.25, 0.3) is 0 Å². The largest absolute Gasteiger partial charge is 0.456 e. The number of benzene rings is 4. The van der Waals surface area contributed by atoms with Crippen molar-refractivity contribution in [1.82, 2.24) is 0 Å². The van der Waals surface area contributed by atoms with Gasteiger partial charge in [-0.1, -0.05) is 96.6 Å². The van der Waals surface area contributed by atoms with Crippen LogP contribution in [0.15, 0.2) is 120 Å². The van der Waals surface area contributed by atoms with Crippen LogP contribution in [0.4, 0.5) is 5.69 Å². The maximum atomic E-state index is 6.48. The molecule has 0 N–H and O–H groups in total. The summed E-state index contributed by atoms with van der Waals surface area (Å²) in [6.07, 6.45) is 1.97. The molecule has 0 radical (unpaired) electrons. The quantitative estimate of drug-likeness (QED) is 0.328. The fraction of sp³-hybridized carbons (Fsp3) is 0.0690. The summed E-state index contributed by atoms with van der Waals surface area (Å²) in [5.41, 5.74) is 6.64. The molecule has 0 unspecified atom stereocenters. The molecule has 1 heterocycles. The lowest BCUT2D eigenvalue weighted by Crippen LogP contribution is -2.17. The van der Waals surface area contributed by atoms with Gasteiger partial charge in [-0.15, -0.1) is 0 Å². The van der Waals surface area contributed by atoms with Gasteiger partial charge in [-0.3, -0.25) is 4.99 Å². The molecule has 1 atom stereocenters. The number of aliphatic imine (C=N–C) groups is 1. The second-order valence-electron chi connectivity index (χ2n) is 7.73. The number of ether oxygens (including phenoxy) is 1. The monoisotopic (exact) mass is 401 g/mol. The van der Waals surface area contributed by atoms with Crippen molar-refractivity contribution in [2.24, 2.45) is 4.99 Å². The predicted molar refractivity (Wildman–Crippen MR) is 128 cm³/mol. The number of hydrogen-bond acceptors (Lipinski definition) is 2. The maximum Gasteiger partial charge on any atom is 0.140 e. The SMILES string of the molecule is Cc1ccc([C@H]2C(C=Nc3ccccc3)=C(c3ccccc3)Oc3ccccc32)cc1. The van der Waals surface area contributed by atoms with Gasteiger partial charge < -0.3 is 4.74 Å². The van der Waals surface area contributed by atoms with Crippen LogP contribution < -0.4 is 4.74 Å². The molecule has 4 aromatic rings. The van der Waals surface area contributed by atoms with Crippen LogP contribution in [0.1, 0.15) is 28.2 Å². The number of rotatable bonds is 4. The molecule has 150 valence electrons. The summed E-state index contributed by atoms with van der Waals surface area (Å²) < 4.78 is 6.48. The molecule has 0 saturated heterocycles. The van der Waals surface area contributed by atoms with Gasteiger partial charge in [0.1, 0.15) is 11.5 Å². The summed E-state index contributed by atoms with van der Waals surface area (Å²) >= 11 is 0. The number of nitrogens with zero attached hydrogens (tertiary/aromatic N) is 1. The first-order valence-corrected chi connectivity index (χ1v) is 10.5. The van der Waals surface area contributed by atoms with Gasteiger partial charge in [0.05, 0.1) is 5.69 Å². The number of aryl methyl sites for hydroxylation is 1. The highest BCUT2D eigenvalue weighted by atomic mass is 16.5. The molecule has 2 heteroatoms. The van der Waals surface area contributed by atoms with Gasteiger partial charge in [-0.25, -0.2) is 0 Å². The predicted octanol–water partition coefficient (Wildman–Crippen LogP) is 7.33. The zero-order chi connectivity index (χ0) is 21.0. The van der Waals surface area contributed by atoms with Gasteiger partial charge in [0, 0.05) is 28.8 Å². The zero-order valence-electron chi connectivity index (χ0n) is 17.4. The Hall–Kier alpha value is -3.91. The van der Waals surface area contributed by atoms with Crippen molar-refractivity contribution in [3.05, 3.63) is 137 Å². The second kappa shape index (κ2) is 8.45. The zero-order valence-corrected chi connectivity index (χ0v) is 17.4. The summed E-state index contributed by atoms with van der Waals surface area (Å²) in [5.74, 6) is 1.78. The molecule has 2 nitrogen and oxygen atoms in total. The molecule has 4 aromatic carbocycles. The van der Waals surface area contributed by atoms with Gasteiger partial charge in [-0.05, 0) is 30.7 Å². The van der Waals surface area contributed by atoms with Crippen LogP contribution in [0.5, 0.6) is 5.75 Å². The van der Waals surface area contributed by atoms with Crippen molar-refractivity contribution in [2.75, 3.05) is 0 Å². The molecule has 0 fully saturated rings. The molecular weight excluding hydrogens is 378 g/mol. The molecule has 0 aromatic heterocycles. The lowest BCUT2D eigenvalue weighted by molar-refractivity contribution is 0.489. The summed E-state index contributed by atoms with van der Waals surface area (Å²) in [7, 11) is 0. The third kappa shape index (κ3) is 3.93. The minimum atomic E-state index is 0.0354. The highest BCUT2D eigenvalue weighted by molar-refractivity contribution is 5.95. The summed E-state index contributed by atoms with van der Waals surface area (Å²) in [6.45, 7) is 2.12. The Kier molecular flexibility index (Phi) is 5.20. The lowest BCUT2D eigenvalue weighted by atomic mass is 9.81. The van der Waals surface area contributed by atoms with E-state index < -0.39 is 0 Å². The van der Waals surface area contributed by atoms with Gasteiger partial charge >= 0.3 is 0 Å². The first kappa shape index (κ1) is 19.1. The van der Waals surface area contributed by atoms with Crippen LogP contribution in [-0.2, 0) is 0 Å². The molecule has 0 bridgehead atoms. The topological polar surface area (TPSA) is 21.6 Å². The molecule has 0 aliphatic carbocycles. The van der Waals surface area contributed by atoms with Gasteiger partial charge in [-0.2, -0.15) is 0 Å². The third-order valence-electron chi connectivity index (χ3n) is 5.57. The fourth-order valence-electron chi connectivity index (χ4n) is 4.00. The van der Waals surface area contributed by atoms with Crippen molar-refractivity contribution in [1.29, 1.82) is 0 Å². The Labute approximate surface area is 183 Å². The summed E-state index contributed by atoms with van der Waals surface area (Å²) in [6, 6.07) is 37.4. The van der Waals surface area contributed by atoms with Crippen molar-refractivity contribution in [3.63, 3.8) is 0 Å². The van der Waals surface area contributed by atoms with Crippen molar-refractivity contribution < 1.29 is 4.74 Å². The second-order valence-corrected chi connectivity index (χ2v) is 7.73. The molecule has 0 spiro atoms. The van der Waals surface area contributed by atoms with Crippen LogP contribution in [0.25, 0.3) is 5.76 Å². The van der Waals surface area contributed by atoms with Crippen molar-refractivity contribution in [2.45, 2.75) is 12.8 Å². The van der Waals surface area contributed by atoms with E-state index in [9.17, 15) is 0 Å². The fourth-order valence-corrected chi connectivity index (χ4v) is 4.00. The standard InChI is InChI=1S/C29H23NO/c1-21-16-18-22(19-17-21)28-25-14-8-9-15-27(25)31-29(23-10-4-2-5-11-23)26(28)20-30-24-12-6-3-7-13-24/h2-20,28H,1H3/t28-/m1/s1. The van der Waals surface area contributed by atoms with E-state index in [0.29, 0.717) is 0 Å². The Morgan fingerprint density at radius 3 is 2.10 bits per heavy atom. The van der Waals surface area contributed by atoms with Gasteiger partial charge in [0.15, 0.2) is 0 Å². The van der Waals surface area contributed by atoms with E-state index in [1.54, 1.807) is 0 Å². The van der Waals surface area contributed by atoms with E-state index in [4.69, 9.17) is 9.73 Å². The molecule has 31 heavy (non-hydrogen) atoms. The van der Waals surface area contributed by atoms with Crippen molar-refractivity contribution >= 4 is 17.7 Å². The van der Waals surface area contributed by atoms with Crippen LogP contribution >= 0.6 is 0 Å². The smallest absolute Gasteiger partial charge is 0.140 e. The third-order valence-corrected chi connectivity index (χ3v) is 5.57. The number of fused-ring (bicyclic) bond motifs is 1. The van der Waals surface area contributed by atoms with Crippen LogP contribution in [0, 0.1) is 6.92 Å². The minimum Gasteiger partial charge on any atom is -0.456 e. The van der Waals surface area contributed by atoms with Crippen LogP contribution in [-0.4, -0.2) is 6.21 Å². The Morgan fingerprint density at radius 2 is 1.35 bits per heavy atom. The Morgan fingerprint density at radius 1 is 0.710 bits per heavy atom. The Balaban J connectivity index is 1.73. The highest BCUT2D eigenvalue weighted by Gasteiger charge is 2.30. The lowest BCUT2D eigenvalue weighted by Gasteiger charge is -2.30. The normalized spacial score (nSPS) is 15.6. The van der Waals surface area contributed by atoms with E-state index in [2.05, 4.69) is 55.5 Å². The average molecular weight is 402 g/mol. The molecule has 0 saturated carbocycles. The van der Waals surface area contributed by atoms with Gasteiger partial charge in [0.2, 0.25) is 0 Å². The average Bonchev–Trinajstić information content (AvgIpc) is 2.84. The molecular formula is C29H23NO. The van der Waals surface area contributed by atoms with E-state index in [1.165, 1.54) is 11.1 Å². The highest BCUT2D eigenvalue weighted by Crippen LogP contribution is 2.45. The van der Waals surface area contributed by atoms with Crippen molar-refractivity contribution in [3.8, 4) is 5.75 Å². The van der Waals surface area contributed by atoms with E-state index in [-0.39, 0.29) is 5.92 Å². The minimum absolute atomic E-state index is 0.0354. The molecule has 1 aliphatic rings. The van der Waals surface area contributed by atoms with E-state index in [0.717, 1.165) is 33.9 Å². The first-order valence-electron chi connectivity index (χ1n) is 10.5.